The van der Waals surface area contributed by atoms with Gasteiger partial charge in [-0.3, -0.25) is 4.79 Å². The van der Waals surface area contributed by atoms with E-state index in [-0.39, 0.29) is 5.91 Å². The van der Waals surface area contributed by atoms with E-state index in [9.17, 15) is 4.79 Å². The zero-order valence-electron chi connectivity index (χ0n) is 13.9. The van der Waals surface area contributed by atoms with Crippen molar-refractivity contribution in [1.82, 2.24) is 0 Å². The summed E-state index contributed by atoms with van der Waals surface area (Å²) in [5.41, 5.74) is 3.12. The summed E-state index contributed by atoms with van der Waals surface area (Å²) in [6.45, 7) is 5.41. The second-order valence-corrected chi connectivity index (χ2v) is 6.83. The van der Waals surface area contributed by atoms with Crippen molar-refractivity contribution in [2.45, 2.75) is 25.2 Å². The Kier molecular flexibility index (Phi) is 5.30. The van der Waals surface area contributed by atoms with Gasteiger partial charge in [0.25, 0.3) is 0 Å². The van der Waals surface area contributed by atoms with Gasteiger partial charge in [-0.15, -0.1) is 11.8 Å². The van der Waals surface area contributed by atoms with Crippen LogP contribution >= 0.6 is 11.8 Å². The molecule has 2 aromatic carbocycles. The fourth-order valence-corrected chi connectivity index (χ4v) is 3.37. The highest BCUT2D eigenvalue weighted by atomic mass is 32.2. The van der Waals surface area contributed by atoms with Gasteiger partial charge in [0, 0.05) is 23.1 Å². The standard InChI is InChI=1S/C19H21NO3S/c1-13-4-5-14(2)18(10-13)24-12-19(21)20-15-6-7-16-17(11-15)23-9-3-8-22-16/h4-7,10-11H,3,8-9,12H2,1-2H3,(H,20,21). The zero-order chi connectivity index (χ0) is 16.9. The molecule has 0 aliphatic carbocycles. The summed E-state index contributed by atoms with van der Waals surface area (Å²) in [6.07, 6.45) is 0.864. The molecule has 0 bridgehead atoms. The van der Waals surface area contributed by atoms with Gasteiger partial charge in [-0.2, -0.15) is 0 Å². The van der Waals surface area contributed by atoms with E-state index >= 15 is 0 Å². The maximum atomic E-state index is 12.2. The van der Waals surface area contributed by atoms with Crippen molar-refractivity contribution >= 4 is 23.4 Å². The van der Waals surface area contributed by atoms with Gasteiger partial charge in [0.2, 0.25) is 5.91 Å². The molecule has 24 heavy (non-hydrogen) atoms. The zero-order valence-corrected chi connectivity index (χ0v) is 14.7. The van der Waals surface area contributed by atoms with Crippen LogP contribution in [0.15, 0.2) is 41.3 Å². The van der Waals surface area contributed by atoms with Gasteiger partial charge in [0.05, 0.1) is 19.0 Å². The number of rotatable bonds is 4. The van der Waals surface area contributed by atoms with Crippen molar-refractivity contribution in [3.63, 3.8) is 0 Å². The Balaban J connectivity index is 1.60. The monoisotopic (exact) mass is 343 g/mol. The first-order valence-corrected chi connectivity index (χ1v) is 9.00. The van der Waals surface area contributed by atoms with Crippen LogP contribution in [0.4, 0.5) is 5.69 Å². The average molecular weight is 343 g/mol. The van der Waals surface area contributed by atoms with Crippen LogP contribution in [0.3, 0.4) is 0 Å². The summed E-state index contributed by atoms with van der Waals surface area (Å²) in [5, 5.41) is 2.92. The first kappa shape index (κ1) is 16.7. The molecule has 1 heterocycles. The van der Waals surface area contributed by atoms with Crippen molar-refractivity contribution in [3.8, 4) is 11.5 Å². The molecule has 0 saturated carbocycles. The van der Waals surface area contributed by atoms with Gasteiger partial charge >= 0.3 is 0 Å². The predicted molar refractivity (Wildman–Crippen MR) is 97.3 cm³/mol. The van der Waals surface area contributed by atoms with Gasteiger partial charge in [0.15, 0.2) is 11.5 Å². The molecule has 1 amide bonds. The van der Waals surface area contributed by atoms with Crippen molar-refractivity contribution < 1.29 is 14.3 Å². The molecule has 0 unspecified atom stereocenters. The number of ether oxygens (including phenoxy) is 2. The summed E-state index contributed by atoms with van der Waals surface area (Å²) in [5.74, 6) is 1.76. The second-order valence-electron chi connectivity index (χ2n) is 5.82. The lowest BCUT2D eigenvalue weighted by molar-refractivity contribution is -0.113. The number of amides is 1. The Morgan fingerprint density at radius 3 is 2.71 bits per heavy atom. The van der Waals surface area contributed by atoms with Gasteiger partial charge < -0.3 is 14.8 Å². The number of nitrogens with one attached hydrogen (secondary N) is 1. The van der Waals surface area contributed by atoms with Crippen LogP contribution in [0.2, 0.25) is 0 Å². The minimum Gasteiger partial charge on any atom is -0.490 e. The summed E-state index contributed by atoms with van der Waals surface area (Å²) in [6, 6.07) is 11.8. The van der Waals surface area contributed by atoms with Gasteiger partial charge in [-0.25, -0.2) is 0 Å². The lowest BCUT2D eigenvalue weighted by Gasteiger charge is -2.11. The Bertz CT molecular complexity index is 745. The molecule has 1 aliphatic rings. The molecule has 2 aromatic rings. The Morgan fingerprint density at radius 1 is 1.08 bits per heavy atom. The second kappa shape index (κ2) is 7.62. The van der Waals surface area contributed by atoms with E-state index in [1.165, 1.54) is 11.1 Å². The molecule has 5 heteroatoms. The number of hydrogen-bond donors (Lipinski definition) is 1. The third-order valence-electron chi connectivity index (χ3n) is 3.73. The van der Waals surface area contributed by atoms with Crippen molar-refractivity contribution in [2.24, 2.45) is 0 Å². The quantitative estimate of drug-likeness (QED) is 0.846. The molecule has 1 aliphatic heterocycles. The fourth-order valence-electron chi connectivity index (χ4n) is 2.44. The van der Waals surface area contributed by atoms with Gasteiger partial charge in [0.1, 0.15) is 0 Å². The molecule has 0 fully saturated rings. The number of thioether (sulfide) groups is 1. The molecular weight excluding hydrogens is 322 g/mol. The van der Waals surface area contributed by atoms with E-state index in [1.807, 2.05) is 18.2 Å². The summed E-state index contributed by atoms with van der Waals surface area (Å²) in [4.78, 5) is 13.4. The molecular formula is C19H21NO3S. The highest BCUT2D eigenvalue weighted by molar-refractivity contribution is 8.00. The first-order valence-electron chi connectivity index (χ1n) is 8.01. The minimum atomic E-state index is -0.0320. The summed E-state index contributed by atoms with van der Waals surface area (Å²) in [7, 11) is 0. The maximum Gasteiger partial charge on any atom is 0.234 e. The third-order valence-corrected chi connectivity index (χ3v) is 4.89. The Labute approximate surface area is 146 Å². The van der Waals surface area contributed by atoms with Crippen LogP contribution in [-0.4, -0.2) is 24.9 Å². The molecule has 0 atom stereocenters. The molecule has 0 saturated heterocycles. The summed E-state index contributed by atoms with van der Waals surface area (Å²) < 4.78 is 11.2. The van der Waals surface area contributed by atoms with E-state index in [2.05, 4.69) is 37.4 Å². The highest BCUT2D eigenvalue weighted by Gasteiger charge is 2.12. The molecule has 1 N–H and O–H groups in total. The van der Waals surface area contributed by atoms with Crippen LogP contribution in [0.1, 0.15) is 17.5 Å². The normalized spacial score (nSPS) is 13.2. The molecule has 0 spiro atoms. The maximum absolute atomic E-state index is 12.2. The van der Waals surface area contributed by atoms with Gasteiger partial charge in [-0.05, 0) is 37.6 Å². The van der Waals surface area contributed by atoms with E-state index in [0.29, 0.717) is 24.7 Å². The molecule has 3 rings (SSSR count). The van der Waals surface area contributed by atoms with Crippen LogP contribution in [0.5, 0.6) is 11.5 Å². The van der Waals surface area contributed by atoms with Crippen molar-refractivity contribution in [1.29, 1.82) is 0 Å². The smallest absolute Gasteiger partial charge is 0.234 e. The Hall–Kier alpha value is -2.14. The number of benzene rings is 2. The number of carbonyl (C=O) groups excluding carboxylic acids is 1. The van der Waals surface area contributed by atoms with Crippen molar-refractivity contribution in [2.75, 3.05) is 24.3 Å². The van der Waals surface area contributed by atoms with Crippen molar-refractivity contribution in [3.05, 3.63) is 47.5 Å². The average Bonchev–Trinajstić information content (AvgIpc) is 2.80. The van der Waals surface area contributed by atoms with Crippen LogP contribution in [0.25, 0.3) is 0 Å². The Morgan fingerprint density at radius 2 is 1.88 bits per heavy atom. The SMILES string of the molecule is Cc1ccc(C)c(SCC(=O)Nc2ccc3c(c2)OCCCO3)c1. The van der Waals surface area contributed by atoms with E-state index in [0.717, 1.165) is 22.8 Å². The predicted octanol–water partition coefficient (Wildman–Crippen LogP) is 4.20. The number of aryl methyl sites for hydroxylation is 2. The van der Waals surface area contributed by atoms with E-state index in [1.54, 1.807) is 11.8 Å². The van der Waals surface area contributed by atoms with E-state index < -0.39 is 0 Å². The molecule has 126 valence electrons. The summed E-state index contributed by atoms with van der Waals surface area (Å²) >= 11 is 1.55. The number of fused-ring (bicyclic) bond motifs is 1. The number of anilines is 1. The van der Waals surface area contributed by atoms with Crippen LogP contribution in [0, 0.1) is 13.8 Å². The lowest BCUT2D eigenvalue weighted by Crippen LogP contribution is -2.14. The first-order chi connectivity index (χ1) is 11.6. The largest absolute Gasteiger partial charge is 0.490 e. The highest BCUT2D eigenvalue weighted by Crippen LogP contribution is 2.32. The number of carbonyl (C=O) groups is 1. The molecule has 4 nitrogen and oxygen atoms in total. The van der Waals surface area contributed by atoms with Crippen LogP contribution < -0.4 is 14.8 Å². The molecule has 0 radical (unpaired) electrons. The van der Waals surface area contributed by atoms with E-state index in [4.69, 9.17) is 9.47 Å². The number of hydrogen-bond acceptors (Lipinski definition) is 4. The fraction of sp³-hybridized carbons (Fsp3) is 0.316. The topological polar surface area (TPSA) is 47.6 Å². The third kappa shape index (κ3) is 4.23. The molecule has 0 aromatic heterocycles. The lowest BCUT2D eigenvalue weighted by atomic mass is 10.2. The van der Waals surface area contributed by atoms with Crippen LogP contribution in [-0.2, 0) is 4.79 Å². The minimum absolute atomic E-state index is 0.0320. The van der Waals surface area contributed by atoms with Gasteiger partial charge in [-0.1, -0.05) is 17.7 Å².